The summed E-state index contributed by atoms with van der Waals surface area (Å²) in [7, 11) is 1.62. The molecule has 2 aliphatic rings. The molecule has 0 bridgehead atoms. The Bertz CT molecular complexity index is 450. The highest BCUT2D eigenvalue weighted by atomic mass is 16.5. The molecule has 1 aliphatic heterocycles. The van der Waals surface area contributed by atoms with Crippen molar-refractivity contribution >= 4 is 17.8 Å². The number of likely N-dealkylation sites (tertiary alicyclic amines) is 1. The molecule has 2 amide bonds. The number of amides is 2. The zero-order valence-corrected chi connectivity index (χ0v) is 12.6. The summed E-state index contributed by atoms with van der Waals surface area (Å²) in [4.78, 5) is 37.7. The maximum Gasteiger partial charge on any atom is 0.327 e. The van der Waals surface area contributed by atoms with Crippen molar-refractivity contribution in [3.63, 3.8) is 0 Å². The van der Waals surface area contributed by atoms with Gasteiger partial charge in [0.1, 0.15) is 5.54 Å². The van der Waals surface area contributed by atoms with Gasteiger partial charge in [-0.3, -0.25) is 14.5 Å². The largest absolute Gasteiger partial charge is 0.465 e. The number of nitrogens with zero attached hydrogens (tertiary/aromatic N) is 1. The van der Waals surface area contributed by atoms with E-state index in [1.165, 1.54) is 4.90 Å². The summed E-state index contributed by atoms with van der Waals surface area (Å²) in [6, 6.07) is 0. The van der Waals surface area contributed by atoms with Gasteiger partial charge < -0.3 is 10.1 Å². The van der Waals surface area contributed by atoms with Crippen molar-refractivity contribution in [2.24, 2.45) is 17.3 Å². The van der Waals surface area contributed by atoms with Gasteiger partial charge in [0.25, 0.3) is 0 Å². The molecular weight excluding hydrogens is 260 g/mol. The quantitative estimate of drug-likeness (QED) is 0.574. The van der Waals surface area contributed by atoms with Crippen molar-refractivity contribution in [3.8, 4) is 0 Å². The topological polar surface area (TPSA) is 75.7 Å². The van der Waals surface area contributed by atoms with Crippen LogP contribution in [0.15, 0.2) is 0 Å². The van der Waals surface area contributed by atoms with Crippen LogP contribution in [-0.2, 0) is 19.1 Å². The second-order valence-electron chi connectivity index (χ2n) is 6.34. The van der Waals surface area contributed by atoms with Gasteiger partial charge in [-0.05, 0) is 26.3 Å². The Morgan fingerprint density at radius 3 is 2.25 bits per heavy atom. The van der Waals surface area contributed by atoms with Crippen LogP contribution >= 0.6 is 0 Å². The Balaban J connectivity index is 2.13. The summed E-state index contributed by atoms with van der Waals surface area (Å²) >= 11 is 0. The lowest BCUT2D eigenvalue weighted by molar-refractivity contribution is -0.153. The zero-order chi connectivity index (χ0) is 15.3. The molecule has 20 heavy (non-hydrogen) atoms. The zero-order valence-electron chi connectivity index (χ0n) is 12.6. The van der Waals surface area contributed by atoms with Crippen LogP contribution in [0, 0.1) is 17.3 Å². The van der Waals surface area contributed by atoms with Crippen LogP contribution in [0.25, 0.3) is 0 Å². The Morgan fingerprint density at radius 2 is 1.85 bits per heavy atom. The molecule has 1 aliphatic carbocycles. The standard InChI is InChI=1S/C14H22N2O4/c1-6-20-12(19)14(4,15-5)7-16-10(17)8-9(11(16)18)13(8,2)3/h8-9,15H,6-7H2,1-5H3. The summed E-state index contributed by atoms with van der Waals surface area (Å²) in [6.45, 7) is 7.49. The van der Waals surface area contributed by atoms with Crippen molar-refractivity contribution in [2.45, 2.75) is 33.2 Å². The monoisotopic (exact) mass is 282 g/mol. The van der Waals surface area contributed by atoms with Gasteiger partial charge in [-0.15, -0.1) is 0 Å². The lowest BCUT2D eigenvalue weighted by Gasteiger charge is -2.32. The first kappa shape index (κ1) is 15.0. The summed E-state index contributed by atoms with van der Waals surface area (Å²) < 4.78 is 5.01. The van der Waals surface area contributed by atoms with E-state index in [1.807, 2.05) is 13.8 Å². The number of ether oxygens (including phenoxy) is 1. The number of rotatable bonds is 5. The number of carbonyl (C=O) groups is 3. The Morgan fingerprint density at radius 1 is 1.35 bits per heavy atom. The predicted octanol–water partition coefficient (Wildman–Crippen LogP) is 0.169. The van der Waals surface area contributed by atoms with Gasteiger partial charge in [-0.1, -0.05) is 13.8 Å². The van der Waals surface area contributed by atoms with E-state index < -0.39 is 11.5 Å². The van der Waals surface area contributed by atoms with Crippen LogP contribution in [0.3, 0.4) is 0 Å². The van der Waals surface area contributed by atoms with Gasteiger partial charge in [0.15, 0.2) is 0 Å². The SMILES string of the molecule is CCOC(=O)C(C)(CN1C(=O)C2C(C1=O)C2(C)C)NC. The third-order valence-electron chi connectivity index (χ3n) is 4.64. The van der Waals surface area contributed by atoms with E-state index in [0.717, 1.165) is 0 Å². The first-order chi connectivity index (χ1) is 9.20. The van der Waals surface area contributed by atoms with E-state index in [9.17, 15) is 14.4 Å². The Kier molecular flexibility index (Phi) is 3.40. The number of likely N-dealkylation sites (N-methyl/N-ethyl adjacent to an activating group) is 1. The number of esters is 1. The first-order valence-corrected chi connectivity index (χ1v) is 6.92. The molecule has 0 aromatic heterocycles. The molecule has 0 radical (unpaired) electrons. The van der Waals surface area contributed by atoms with Crippen LogP contribution in [0.2, 0.25) is 0 Å². The van der Waals surface area contributed by atoms with Crippen LogP contribution in [-0.4, -0.2) is 48.4 Å². The van der Waals surface area contributed by atoms with Crippen LogP contribution < -0.4 is 5.32 Å². The molecular formula is C14H22N2O4. The molecule has 2 fully saturated rings. The number of carbonyl (C=O) groups excluding carboxylic acids is 3. The van der Waals surface area contributed by atoms with Gasteiger partial charge in [0, 0.05) is 0 Å². The molecule has 1 saturated carbocycles. The fourth-order valence-electron chi connectivity index (χ4n) is 3.01. The van der Waals surface area contributed by atoms with Crippen molar-refractivity contribution in [1.29, 1.82) is 0 Å². The minimum absolute atomic E-state index is 0.0169. The van der Waals surface area contributed by atoms with Gasteiger partial charge in [-0.25, -0.2) is 4.79 Å². The third-order valence-corrected chi connectivity index (χ3v) is 4.64. The Hall–Kier alpha value is -1.43. The maximum absolute atomic E-state index is 12.3. The third kappa shape index (κ3) is 1.93. The lowest BCUT2D eigenvalue weighted by atomic mass is 10.00. The minimum atomic E-state index is -1.07. The van der Waals surface area contributed by atoms with Crippen molar-refractivity contribution < 1.29 is 19.1 Å². The second kappa shape index (κ2) is 4.55. The van der Waals surface area contributed by atoms with Crippen molar-refractivity contribution in [2.75, 3.05) is 20.2 Å². The van der Waals surface area contributed by atoms with E-state index in [-0.39, 0.29) is 42.2 Å². The van der Waals surface area contributed by atoms with Crippen LogP contribution in [0.4, 0.5) is 0 Å². The molecule has 3 atom stereocenters. The van der Waals surface area contributed by atoms with E-state index in [4.69, 9.17) is 4.74 Å². The molecule has 112 valence electrons. The highest BCUT2D eigenvalue weighted by molar-refractivity contribution is 6.10. The molecule has 0 aromatic carbocycles. The lowest BCUT2D eigenvalue weighted by Crippen LogP contribution is -2.58. The number of hydrogen-bond donors (Lipinski definition) is 1. The molecule has 1 saturated heterocycles. The highest BCUT2D eigenvalue weighted by Gasteiger charge is 2.72. The van der Waals surface area contributed by atoms with E-state index >= 15 is 0 Å². The van der Waals surface area contributed by atoms with E-state index in [1.54, 1.807) is 20.9 Å². The number of hydrogen-bond acceptors (Lipinski definition) is 5. The maximum atomic E-state index is 12.3. The van der Waals surface area contributed by atoms with Gasteiger partial charge >= 0.3 is 5.97 Å². The summed E-state index contributed by atoms with van der Waals surface area (Å²) in [5.74, 6) is -1.24. The molecule has 2 rings (SSSR count). The molecule has 6 nitrogen and oxygen atoms in total. The van der Waals surface area contributed by atoms with E-state index in [2.05, 4.69) is 5.32 Å². The summed E-state index contributed by atoms with van der Waals surface area (Å²) in [5, 5.41) is 2.86. The molecule has 1 N–H and O–H groups in total. The second-order valence-corrected chi connectivity index (χ2v) is 6.34. The van der Waals surface area contributed by atoms with Gasteiger partial charge in [-0.2, -0.15) is 0 Å². The molecule has 0 aromatic rings. The smallest absolute Gasteiger partial charge is 0.327 e. The number of fused-ring (bicyclic) bond motifs is 1. The highest BCUT2D eigenvalue weighted by Crippen LogP contribution is 2.63. The number of nitrogens with one attached hydrogen (secondary N) is 1. The average molecular weight is 282 g/mol. The normalized spacial score (nSPS) is 29.9. The molecule has 3 unspecified atom stereocenters. The van der Waals surface area contributed by atoms with Crippen molar-refractivity contribution in [3.05, 3.63) is 0 Å². The first-order valence-electron chi connectivity index (χ1n) is 6.92. The number of imide groups is 1. The van der Waals surface area contributed by atoms with Crippen molar-refractivity contribution in [1.82, 2.24) is 10.2 Å². The average Bonchev–Trinajstić information content (AvgIpc) is 2.86. The molecule has 0 spiro atoms. The van der Waals surface area contributed by atoms with Gasteiger partial charge in [0.05, 0.1) is 25.0 Å². The predicted molar refractivity (Wildman–Crippen MR) is 71.6 cm³/mol. The molecule has 1 heterocycles. The van der Waals surface area contributed by atoms with Gasteiger partial charge in [0.2, 0.25) is 11.8 Å². The minimum Gasteiger partial charge on any atom is -0.465 e. The summed E-state index contributed by atoms with van der Waals surface area (Å²) in [5.41, 5.74) is -1.30. The number of piperidine rings is 1. The van der Waals surface area contributed by atoms with Crippen LogP contribution in [0.5, 0.6) is 0 Å². The Labute approximate surface area is 118 Å². The van der Waals surface area contributed by atoms with Crippen LogP contribution in [0.1, 0.15) is 27.7 Å². The fourth-order valence-corrected chi connectivity index (χ4v) is 3.01. The molecule has 6 heteroatoms. The van der Waals surface area contributed by atoms with E-state index in [0.29, 0.717) is 0 Å². The fraction of sp³-hybridized carbons (Fsp3) is 0.786. The summed E-state index contributed by atoms with van der Waals surface area (Å²) in [6.07, 6.45) is 0.